The Labute approximate surface area is 169 Å². The molecule has 136 valence electrons. The summed E-state index contributed by atoms with van der Waals surface area (Å²) in [5, 5.41) is 25.2. The predicted molar refractivity (Wildman–Crippen MR) is 106 cm³/mol. The van der Waals surface area contributed by atoms with Gasteiger partial charge < -0.3 is 15.2 Å². The van der Waals surface area contributed by atoms with Crippen LogP contribution < -0.4 is 15.4 Å². The molecule has 0 saturated carbocycles. The van der Waals surface area contributed by atoms with E-state index in [0.717, 1.165) is 22.7 Å². The number of phenolic OH excluding ortho intramolecular Hbond substituents is 1. The number of nitrogens with one attached hydrogen (secondary N) is 2. The van der Waals surface area contributed by atoms with Gasteiger partial charge in [-0.1, -0.05) is 15.9 Å². The Morgan fingerprint density at radius 2 is 2.00 bits per heavy atom. The predicted octanol–water partition coefficient (Wildman–Crippen LogP) is 3.72. The summed E-state index contributed by atoms with van der Waals surface area (Å²) in [6.07, 6.45) is 0. The van der Waals surface area contributed by atoms with Gasteiger partial charge in [0.05, 0.1) is 15.1 Å². The molecule has 0 aliphatic carbocycles. The minimum atomic E-state index is -0.615. The summed E-state index contributed by atoms with van der Waals surface area (Å²) >= 11 is 11.6. The van der Waals surface area contributed by atoms with Crippen LogP contribution in [0.1, 0.15) is 0 Å². The van der Waals surface area contributed by atoms with Gasteiger partial charge in [0.2, 0.25) is 0 Å². The number of phenols is 1. The lowest BCUT2D eigenvalue weighted by molar-refractivity contribution is -0.384. The number of nitro groups is 1. The van der Waals surface area contributed by atoms with Gasteiger partial charge in [0.15, 0.2) is 11.7 Å². The molecule has 1 amide bonds. The van der Waals surface area contributed by atoms with Crippen molar-refractivity contribution in [3.63, 3.8) is 0 Å². The molecular formula is C15H11Br2N3O5S. The zero-order chi connectivity index (χ0) is 19.3. The van der Waals surface area contributed by atoms with E-state index in [4.69, 9.17) is 17.0 Å². The number of carbonyl (C=O) groups excluding carboxylic acids is 1. The summed E-state index contributed by atoms with van der Waals surface area (Å²) in [6.45, 7) is -0.303. The van der Waals surface area contributed by atoms with Crippen LogP contribution in [0.15, 0.2) is 45.3 Å². The monoisotopic (exact) mass is 503 g/mol. The van der Waals surface area contributed by atoms with Gasteiger partial charge in [-0.25, -0.2) is 0 Å². The summed E-state index contributed by atoms with van der Waals surface area (Å²) in [5.74, 6) is -0.317. The molecule has 2 rings (SSSR count). The van der Waals surface area contributed by atoms with E-state index in [1.54, 1.807) is 18.2 Å². The number of halogens is 2. The molecule has 2 aromatic carbocycles. The standard InChI is InChI=1S/C15H11Br2N3O5S/c16-8-1-4-13(10(17)5-8)25-7-14(22)19-15(26)18-11-6-9(20(23)24)2-3-12(11)21/h1-6,21H,7H2,(H2,18,19,22,26). The minimum absolute atomic E-state index is 0.000993. The van der Waals surface area contributed by atoms with Crippen LogP contribution in [0.5, 0.6) is 11.5 Å². The Hall–Kier alpha value is -2.24. The second kappa shape index (κ2) is 8.92. The molecule has 3 N–H and O–H groups in total. The maximum Gasteiger partial charge on any atom is 0.271 e. The first-order valence-electron chi connectivity index (χ1n) is 6.92. The molecule has 2 aromatic rings. The fourth-order valence-corrected chi connectivity index (χ4v) is 3.17. The molecule has 0 spiro atoms. The van der Waals surface area contributed by atoms with Crippen molar-refractivity contribution in [2.75, 3.05) is 11.9 Å². The highest BCUT2D eigenvalue weighted by atomic mass is 79.9. The molecule has 0 unspecified atom stereocenters. The SMILES string of the molecule is O=C(COc1ccc(Br)cc1Br)NC(=S)Nc1cc([N+](=O)[O-])ccc1O. The van der Waals surface area contributed by atoms with Crippen molar-refractivity contribution in [2.45, 2.75) is 0 Å². The van der Waals surface area contributed by atoms with E-state index in [9.17, 15) is 20.0 Å². The van der Waals surface area contributed by atoms with Crippen molar-refractivity contribution in [2.24, 2.45) is 0 Å². The van der Waals surface area contributed by atoms with E-state index in [2.05, 4.69) is 42.5 Å². The molecule has 0 fully saturated rings. The third-order valence-corrected chi connectivity index (χ3v) is 4.26. The Morgan fingerprint density at radius 3 is 2.65 bits per heavy atom. The lowest BCUT2D eigenvalue weighted by atomic mass is 10.2. The molecule has 0 aliphatic heterocycles. The molecular weight excluding hydrogens is 494 g/mol. The van der Waals surface area contributed by atoms with Crippen molar-refractivity contribution >= 4 is 66.5 Å². The van der Waals surface area contributed by atoms with E-state index in [1.165, 1.54) is 0 Å². The molecule has 0 bridgehead atoms. The summed E-state index contributed by atoms with van der Waals surface area (Å²) in [5.41, 5.74) is -0.232. The number of benzene rings is 2. The third-order valence-electron chi connectivity index (χ3n) is 2.94. The van der Waals surface area contributed by atoms with Crippen LogP contribution in [0.3, 0.4) is 0 Å². The smallest absolute Gasteiger partial charge is 0.271 e. The minimum Gasteiger partial charge on any atom is -0.506 e. The number of anilines is 1. The summed E-state index contributed by atoms with van der Waals surface area (Å²) in [6, 6.07) is 8.60. The van der Waals surface area contributed by atoms with E-state index in [0.29, 0.717) is 10.2 Å². The van der Waals surface area contributed by atoms with Crippen molar-refractivity contribution < 1.29 is 19.6 Å². The van der Waals surface area contributed by atoms with E-state index in [1.807, 2.05) is 0 Å². The number of non-ortho nitro benzene ring substituents is 1. The Kier molecular flexibility index (Phi) is 6.89. The van der Waals surface area contributed by atoms with Crippen LogP contribution in [0.2, 0.25) is 0 Å². The topological polar surface area (TPSA) is 114 Å². The van der Waals surface area contributed by atoms with Gasteiger partial charge in [0.1, 0.15) is 11.5 Å². The van der Waals surface area contributed by atoms with Crippen molar-refractivity contribution in [1.82, 2.24) is 5.32 Å². The van der Waals surface area contributed by atoms with Crippen LogP contribution in [0, 0.1) is 10.1 Å². The molecule has 0 aliphatic rings. The Balaban J connectivity index is 1.92. The molecule has 0 aromatic heterocycles. The number of rotatable bonds is 5. The second-order valence-corrected chi connectivity index (χ2v) is 7.00. The number of nitrogens with zero attached hydrogens (tertiary/aromatic N) is 1. The molecule has 8 nitrogen and oxygen atoms in total. The maximum atomic E-state index is 11.9. The highest BCUT2D eigenvalue weighted by Gasteiger charge is 2.13. The van der Waals surface area contributed by atoms with Gasteiger partial charge in [-0.05, 0) is 52.4 Å². The molecule has 0 heterocycles. The third kappa shape index (κ3) is 5.64. The van der Waals surface area contributed by atoms with Gasteiger partial charge in [-0.2, -0.15) is 0 Å². The average molecular weight is 505 g/mol. The average Bonchev–Trinajstić information content (AvgIpc) is 2.55. The van der Waals surface area contributed by atoms with Gasteiger partial charge in [-0.3, -0.25) is 20.2 Å². The first-order valence-corrected chi connectivity index (χ1v) is 8.92. The highest BCUT2D eigenvalue weighted by Crippen LogP contribution is 2.28. The van der Waals surface area contributed by atoms with Crippen LogP contribution in [-0.2, 0) is 4.79 Å². The van der Waals surface area contributed by atoms with Crippen molar-refractivity contribution in [3.8, 4) is 11.5 Å². The zero-order valence-electron chi connectivity index (χ0n) is 12.9. The van der Waals surface area contributed by atoms with Gasteiger partial charge in [-0.15, -0.1) is 0 Å². The first-order chi connectivity index (χ1) is 12.3. The fraction of sp³-hybridized carbons (Fsp3) is 0.0667. The van der Waals surface area contributed by atoms with E-state index >= 15 is 0 Å². The Morgan fingerprint density at radius 1 is 1.27 bits per heavy atom. The first kappa shape index (κ1) is 20.1. The summed E-state index contributed by atoms with van der Waals surface area (Å²) in [4.78, 5) is 22.0. The fourth-order valence-electron chi connectivity index (χ4n) is 1.79. The van der Waals surface area contributed by atoms with Crippen LogP contribution in [0.25, 0.3) is 0 Å². The van der Waals surface area contributed by atoms with Crippen LogP contribution >= 0.6 is 44.1 Å². The number of carbonyl (C=O) groups is 1. The maximum absolute atomic E-state index is 11.9. The van der Waals surface area contributed by atoms with Gasteiger partial charge in [0, 0.05) is 16.6 Å². The number of aromatic hydroxyl groups is 1. The summed E-state index contributed by atoms with van der Waals surface area (Å²) < 4.78 is 6.89. The van der Waals surface area contributed by atoms with E-state index < -0.39 is 10.8 Å². The Bertz CT molecular complexity index is 878. The second-order valence-electron chi connectivity index (χ2n) is 4.82. The molecule has 26 heavy (non-hydrogen) atoms. The lowest BCUT2D eigenvalue weighted by Crippen LogP contribution is -2.37. The highest BCUT2D eigenvalue weighted by molar-refractivity contribution is 9.11. The van der Waals surface area contributed by atoms with Crippen molar-refractivity contribution in [3.05, 3.63) is 55.5 Å². The van der Waals surface area contributed by atoms with E-state index in [-0.39, 0.29) is 28.8 Å². The quantitative estimate of drug-likeness (QED) is 0.246. The van der Waals surface area contributed by atoms with Crippen LogP contribution in [-0.4, -0.2) is 27.7 Å². The van der Waals surface area contributed by atoms with Crippen LogP contribution in [0.4, 0.5) is 11.4 Å². The number of amides is 1. The molecule has 0 atom stereocenters. The zero-order valence-corrected chi connectivity index (χ0v) is 16.9. The lowest BCUT2D eigenvalue weighted by Gasteiger charge is -2.12. The molecule has 11 heteroatoms. The molecule has 0 saturated heterocycles. The number of hydrogen-bond donors (Lipinski definition) is 3. The number of nitro benzene ring substituents is 1. The summed E-state index contributed by atoms with van der Waals surface area (Å²) in [7, 11) is 0. The van der Waals surface area contributed by atoms with Gasteiger partial charge in [0.25, 0.3) is 11.6 Å². The number of hydrogen-bond acceptors (Lipinski definition) is 6. The largest absolute Gasteiger partial charge is 0.506 e. The number of ether oxygens (including phenoxy) is 1. The number of thiocarbonyl (C=S) groups is 1. The van der Waals surface area contributed by atoms with Crippen molar-refractivity contribution in [1.29, 1.82) is 0 Å². The van der Waals surface area contributed by atoms with Gasteiger partial charge >= 0.3 is 0 Å². The normalized spacial score (nSPS) is 10.1. The molecule has 0 radical (unpaired) electrons.